The molecular weight excluding hydrogens is 212 g/mol. The summed E-state index contributed by atoms with van der Waals surface area (Å²) in [7, 11) is 0. The Balaban J connectivity index is 2.60. The van der Waals surface area contributed by atoms with Gasteiger partial charge in [0.15, 0.2) is 0 Å². The maximum absolute atomic E-state index is 10.6. The number of aliphatic carboxylic acids is 1. The molecule has 2 heteroatoms. The van der Waals surface area contributed by atoms with Crippen LogP contribution in [-0.4, -0.2) is 11.1 Å². The smallest absolute Gasteiger partial charge is 0.328 e. The first-order valence-corrected chi connectivity index (χ1v) is 6.40. The Morgan fingerprint density at radius 3 is 2.76 bits per heavy atom. The quantitative estimate of drug-likeness (QED) is 0.587. The molecule has 17 heavy (non-hydrogen) atoms. The summed E-state index contributed by atoms with van der Waals surface area (Å²) in [5.74, 6) is -0.308. The molecule has 1 aliphatic rings. The summed E-state index contributed by atoms with van der Waals surface area (Å²) < 4.78 is 0. The molecule has 0 radical (unpaired) electrons. The van der Waals surface area contributed by atoms with E-state index in [1.54, 1.807) is 0 Å². The summed E-state index contributed by atoms with van der Waals surface area (Å²) in [5.41, 5.74) is 2.62. The molecule has 0 spiro atoms. The van der Waals surface area contributed by atoms with Gasteiger partial charge >= 0.3 is 5.97 Å². The molecule has 0 aromatic rings. The number of allylic oxidation sites excluding steroid dienone is 2. The van der Waals surface area contributed by atoms with E-state index in [2.05, 4.69) is 20.4 Å². The number of hydrogen-bond donors (Lipinski definition) is 1. The minimum Gasteiger partial charge on any atom is -0.478 e. The van der Waals surface area contributed by atoms with Gasteiger partial charge in [0.25, 0.3) is 0 Å². The van der Waals surface area contributed by atoms with Crippen molar-refractivity contribution >= 4 is 5.97 Å². The van der Waals surface area contributed by atoms with E-state index in [9.17, 15) is 4.79 Å². The van der Waals surface area contributed by atoms with Crippen molar-refractivity contribution in [1.29, 1.82) is 0 Å². The van der Waals surface area contributed by atoms with Gasteiger partial charge in [-0.05, 0) is 50.4 Å². The van der Waals surface area contributed by atoms with Crippen LogP contribution in [0.4, 0.5) is 0 Å². The van der Waals surface area contributed by atoms with Gasteiger partial charge in [-0.25, -0.2) is 4.79 Å². The molecule has 1 saturated carbocycles. The number of carboxylic acid groups (broad SMARTS) is 1. The van der Waals surface area contributed by atoms with Gasteiger partial charge in [-0.2, -0.15) is 0 Å². The minimum absolute atomic E-state index is 0.318. The first-order valence-electron chi connectivity index (χ1n) is 6.40. The highest BCUT2D eigenvalue weighted by atomic mass is 16.4. The molecule has 0 aromatic carbocycles. The third-order valence-electron chi connectivity index (χ3n) is 3.95. The molecule has 2 nitrogen and oxygen atoms in total. The third-order valence-corrected chi connectivity index (χ3v) is 3.95. The maximum atomic E-state index is 10.6. The Morgan fingerprint density at radius 1 is 1.59 bits per heavy atom. The molecule has 0 unspecified atom stereocenters. The second-order valence-corrected chi connectivity index (χ2v) is 5.92. The summed E-state index contributed by atoms with van der Waals surface area (Å²) in [6.45, 7) is 10.7. The van der Waals surface area contributed by atoms with Crippen LogP contribution in [-0.2, 0) is 4.79 Å². The average Bonchev–Trinajstić information content (AvgIpc) is 2.14. The van der Waals surface area contributed by atoms with E-state index in [4.69, 9.17) is 5.11 Å². The molecule has 0 bridgehead atoms. The van der Waals surface area contributed by atoms with Crippen LogP contribution in [0.3, 0.4) is 0 Å². The first-order chi connectivity index (χ1) is 7.83. The van der Waals surface area contributed by atoms with Crippen LogP contribution in [0.5, 0.6) is 0 Å². The fraction of sp³-hybridized carbons (Fsp3) is 0.667. The normalized spacial score (nSPS) is 24.8. The molecule has 1 aliphatic carbocycles. The van der Waals surface area contributed by atoms with E-state index in [0.717, 1.165) is 24.8 Å². The summed E-state index contributed by atoms with van der Waals surface area (Å²) in [6.07, 6.45) is 6.83. The Morgan fingerprint density at radius 2 is 2.24 bits per heavy atom. The van der Waals surface area contributed by atoms with Crippen molar-refractivity contribution in [2.45, 2.75) is 52.9 Å². The molecule has 1 rings (SSSR count). The van der Waals surface area contributed by atoms with Crippen LogP contribution >= 0.6 is 0 Å². The summed E-state index contributed by atoms with van der Waals surface area (Å²) in [6, 6.07) is 0. The highest BCUT2D eigenvalue weighted by molar-refractivity contribution is 5.80. The lowest BCUT2D eigenvalue weighted by Gasteiger charge is -2.40. The molecule has 1 N–H and O–H groups in total. The topological polar surface area (TPSA) is 37.3 Å². The largest absolute Gasteiger partial charge is 0.478 e. The molecule has 0 heterocycles. The number of carboxylic acids is 1. The van der Waals surface area contributed by atoms with Crippen LogP contribution < -0.4 is 0 Å². The fourth-order valence-electron chi connectivity index (χ4n) is 2.92. The standard InChI is InChI=1S/C15H24O2/c1-11(10-14(16)17)7-8-13-12(2)6-5-9-15(13,3)4/h10,13H,2,5-9H2,1,3-4H3,(H,16,17)/b11-10+/t13-/m0/s1. The first kappa shape index (κ1) is 14.0. The zero-order chi connectivity index (χ0) is 13.1. The van der Waals surface area contributed by atoms with Gasteiger partial charge in [0, 0.05) is 6.08 Å². The van der Waals surface area contributed by atoms with E-state index in [-0.39, 0.29) is 0 Å². The lowest BCUT2D eigenvalue weighted by molar-refractivity contribution is -0.131. The van der Waals surface area contributed by atoms with E-state index in [1.807, 2.05) is 6.92 Å². The van der Waals surface area contributed by atoms with E-state index >= 15 is 0 Å². The van der Waals surface area contributed by atoms with E-state index in [0.29, 0.717) is 11.3 Å². The highest BCUT2D eigenvalue weighted by Gasteiger charge is 2.33. The SMILES string of the molecule is C=C1CCCC(C)(C)[C@H]1CC/C(C)=C/C(=O)O. The van der Waals surface area contributed by atoms with Crippen LogP contribution in [0.25, 0.3) is 0 Å². The van der Waals surface area contributed by atoms with Crippen molar-refractivity contribution in [3.05, 3.63) is 23.8 Å². The van der Waals surface area contributed by atoms with Gasteiger partial charge in [0.1, 0.15) is 0 Å². The van der Waals surface area contributed by atoms with Gasteiger partial charge < -0.3 is 5.11 Å². The van der Waals surface area contributed by atoms with Crippen LogP contribution in [0.2, 0.25) is 0 Å². The zero-order valence-corrected chi connectivity index (χ0v) is 11.3. The van der Waals surface area contributed by atoms with Gasteiger partial charge in [-0.3, -0.25) is 0 Å². The monoisotopic (exact) mass is 236 g/mol. The molecule has 1 fully saturated rings. The summed E-state index contributed by atoms with van der Waals surface area (Å²) >= 11 is 0. The zero-order valence-electron chi connectivity index (χ0n) is 11.3. The van der Waals surface area contributed by atoms with Crippen LogP contribution in [0.15, 0.2) is 23.8 Å². The van der Waals surface area contributed by atoms with Crippen molar-refractivity contribution in [3.63, 3.8) is 0 Å². The molecule has 0 saturated heterocycles. The Labute approximate surface area is 104 Å². The predicted octanol–water partition coefficient (Wildman–Crippen LogP) is 4.18. The molecular formula is C15H24O2. The Kier molecular flexibility index (Phi) is 4.55. The molecule has 0 aliphatic heterocycles. The average molecular weight is 236 g/mol. The van der Waals surface area contributed by atoms with Crippen molar-refractivity contribution < 1.29 is 9.90 Å². The Hall–Kier alpha value is -1.05. The lowest BCUT2D eigenvalue weighted by Crippen LogP contribution is -2.29. The number of hydrogen-bond acceptors (Lipinski definition) is 1. The second-order valence-electron chi connectivity index (χ2n) is 5.92. The van der Waals surface area contributed by atoms with E-state index < -0.39 is 5.97 Å². The third kappa shape index (κ3) is 4.03. The highest BCUT2D eigenvalue weighted by Crippen LogP contribution is 2.45. The van der Waals surface area contributed by atoms with Crippen LogP contribution in [0.1, 0.15) is 52.9 Å². The maximum Gasteiger partial charge on any atom is 0.328 e. The van der Waals surface area contributed by atoms with Crippen molar-refractivity contribution in [1.82, 2.24) is 0 Å². The Bertz CT molecular complexity index is 337. The van der Waals surface area contributed by atoms with Gasteiger partial charge in [0.2, 0.25) is 0 Å². The second kappa shape index (κ2) is 5.52. The predicted molar refractivity (Wildman–Crippen MR) is 70.9 cm³/mol. The number of carbonyl (C=O) groups is 1. The van der Waals surface area contributed by atoms with Gasteiger partial charge in [-0.1, -0.05) is 31.6 Å². The van der Waals surface area contributed by atoms with Gasteiger partial charge in [0.05, 0.1) is 0 Å². The summed E-state index contributed by atoms with van der Waals surface area (Å²) in [4.78, 5) is 10.6. The lowest BCUT2D eigenvalue weighted by atomic mass is 9.65. The molecule has 96 valence electrons. The molecule has 1 atom stereocenters. The minimum atomic E-state index is -0.843. The fourth-order valence-corrected chi connectivity index (χ4v) is 2.92. The molecule has 0 amide bonds. The number of rotatable bonds is 4. The van der Waals surface area contributed by atoms with E-state index in [1.165, 1.54) is 24.5 Å². The van der Waals surface area contributed by atoms with Gasteiger partial charge in [-0.15, -0.1) is 0 Å². The molecule has 0 aromatic heterocycles. The van der Waals surface area contributed by atoms with Crippen molar-refractivity contribution in [2.24, 2.45) is 11.3 Å². The van der Waals surface area contributed by atoms with Crippen LogP contribution in [0, 0.1) is 11.3 Å². The summed E-state index contributed by atoms with van der Waals surface area (Å²) in [5, 5.41) is 8.68. The van der Waals surface area contributed by atoms with Crippen molar-refractivity contribution in [2.75, 3.05) is 0 Å². The van der Waals surface area contributed by atoms with Crippen molar-refractivity contribution in [3.8, 4) is 0 Å².